The standard InChI is InChI=1S/C11H20N4/c1-15-11(13-9-14-15)8-12-7-6-10-4-2-3-5-10/h9-10,12H,2-8H2,1H3. The van der Waals surface area contributed by atoms with Gasteiger partial charge in [0, 0.05) is 7.05 Å². The monoisotopic (exact) mass is 208 g/mol. The number of aromatic nitrogens is 3. The summed E-state index contributed by atoms with van der Waals surface area (Å²) in [5, 5.41) is 7.47. The van der Waals surface area contributed by atoms with E-state index in [4.69, 9.17) is 0 Å². The summed E-state index contributed by atoms with van der Waals surface area (Å²) in [5.74, 6) is 1.98. The Balaban J connectivity index is 1.60. The lowest BCUT2D eigenvalue weighted by atomic mass is 10.0. The lowest BCUT2D eigenvalue weighted by molar-refractivity contribution is 0.471. The van der Waals surface area contributed by atoms with Crippen molar-refractivity contribution in [2.24, 2.45) is 13.0 Å². The van der Waals surface area contributed by atoms with E-state index in [-0.39, 0.29) is 0 Å². The van der Waals surface area contributed by atoms with Crippen LogP contribution >= 0.6 is 0 Å². The predicted octanol–water partition coefficient (Wildman–Crippen LogP) is 1.48. The fraction of sp³-hybridized carbons (Fsp3) is 0.818. The highest BCUT2D eigenvalue weighted by molar-refractivity contribution is 4.82. The van der Waals surface area contributed by atoms with Crippen LogP contribution in [0, 0.1) is 5.92 Å². The third-order valence-corrected chi connectivity index (χ3v) is 3.29. The molecule has 0 unspecified atom stereocenters. The second-order valence-corrected chi connectivity index (χ2v) is 4.42. The number of nitrogens with zero attached hydrogens (tertiary/aromatic N) is 3. The minimum absolute atomic E-state index is 0.837. The SMILES string of the molecule is Cn1ncnc1CNCCC1CCCC1. The van der Waals surface area contributed by atoms with Crippen molar-refractivity contribution in [3.8, 4) is 0 Å². The van der Waals surface area contributed by atoms with Crippen molar-refractivity contribution in [1.29, 1.82) is 0 Å². The lowest BCUT2D eigenvalue weighted by Gasteiger charge is -2.09. The van der Waals surface area contributed by atoms with Crippen LogP contribution in [0.15, 0.2) is 6.33 Å². The van der Waals surface area contributed by atoms with Crippen LogP contribution in [0.5, 0.6) is 0 Å². The summed E-state index contributed by atoms with van der Waals surface area (Å²) >= 11 is 0. The summed E-state index contributed by atoms with van der Waals surface area (Å²) in [4.78, 5) is 4.17. The van der Waals surface area contributed by atoms with Gasteiger partial charge in [0.05, 0.1) is 6.54 Å². The van der Waals surface area contributed by atoms with E-state index in [2.05, 4.69) is 15.4 Å². The normalized spacial score (nSPS) is 17.4. The van der Waals surface area contributed by atoms with Crippen molar-refractivity contribution >= 4 is 0 Å². The Kier molecular flexibility index (Phi) is 3.72. The van der Waals surface area contributed by atoms with E-state index in [0.717, 1.165) is 24.8 Å². The fourth-order valence-corrected chi connectivity index (χ4v) is 2.29. The summed E-state index contributed by atoms with van der Waals surface area (Å²) in [6.07, 6.45) is 8.67. The van der Waals surface area contributed by atoms with Crippen molar-refractivity contribution in [2.75, 3.05) is 6.54 Å². The Morgan fingerprint density at radius 1 is 1.47 bits per heavy atom. The lowest BCUT2D eigenvalue weighted by Crippen LogP contribution is -2.19. The summed E-state index contributed by atoms with van der Waals surface area (Å²) in [6, 6.07) is 0. The molecule has 0 aromatic carbocycles. The first-order chi connectivity index (χ1) is 7.36. The van der Waals surface area contributed by atoms with Crippen LogP contribution in [0.25, 0.3) is 0 Å². The van der Waals surface area contributed by atoms with E-state index in [1.165, 1.54) is 32.1 Å². The molecule has 0 spiro atoms. The van der Waals surface area contributed by atoms with Gasteiger partial charge in [0.15, 0.2) is 0 Å². The molecule has 1 aromatic rings. The zero-order valence-corrected chi connectivity index (χ0v) is 9.45. The topological polar surface area (TPSA) is 42.7 Å². The Labute approximate surface area is 91.1 Å². The number of rotatable bonds is 5. The summed E-state index contributed by atoms with van der Waals surface area (Å²) < 4.78 is 1.82. The zero-order valence-electron chi connectivity index (χ0n) is 9.45. The van der Waals surface area contributed by atoms with Gasteiger partial charge in [-0.2, -0.15) is 5.10 Å². The first-order valence-corrected chi connectivity index (χ1v) is 5.90. The molecule has 15 heavy (non-hydrogen) atoms. The van der Waals surface area contributed by atoms with Gasteiger partial charge in [-0.05, 0) is 18.9 Å². The van der Waals surface area contributed by atoms with Gasteiger partial charge in [0.2, 0.25) is 0 Å². The Hall–Kier alpha value is -0.900. The highest BCUT2D eigenvalue weighted by atomic mass is 15.3. The van der Waals surface area contributed by atoms with Gasteiger partial charge in [-0.1, -0.05) is 25.7 Å². The van der Waals surface area contributed by atoms with Crippen LogP contribution in [0.1, 0.15) is 37.9 Å². The van der Waals surface area contributed by atoms with Crippen molar-refractivity contribution in [2.45, 2.75) is 38.6 Å². The maximum absolute atomic E-state index is 4.17. The molecule has 0 amide bonds. The molecule has 1 aromatic heterocycles. The predicted molar refractivity (Wildman–Crippen MR) is 59.3 cm³/mol. The van der Waals surface area contributed by atoms with E-state index < -0.39 is 0 Å². The van der Waals surface area contributed by atoms with E-state index in [0.29, 0.717) is 0 Å². The molecule has 0 saturated heterocycles. The first kappa shape index (κ1) is 10.6. The molecular weight excluding hydrogens is 188 g/mol. The Morgan fingerprint density at radius 2 is 2.27 bits per heavy atom. The van der Waals surface area contributed by atoms with Gasteiger partial charge < -0.3 is 5.32 Å². The van der Waals surface area contributed by atoms with Crippen LogP contribution in [0.3, 0.4) is 0 Å². The first-order valence-electron chi connectivity index (χ1n) is 5.90. The molecule has 1 heterocycles. The van der Waals surface area contributed by atoms with E-state index >= 15 is 0 Å². The van der Waals surface area contributed by atoms with Gasteiger partial charge in [-0.15, -0.1) is 0 Å². The summed E-state index contributed by atoms with van der Waals surface area (Å²) in [7, 11) is 1.93. The number of nitrogens with one attached hydrogen (secondary N) is 1. The van der Waals surface area contributed by atoms with Gasteiger partial charge in [0.1, 0.15) is 12.2 Å². The fourth-order valence-electron chi connectivity index (χ4n) is 2.29. The second-order valence-electron chi connectivity index (χ2n) is 4.42. The molecule has 84 valence electrons. The number of hydrogen-bond donors (Lipinski definition) is 1. The summed E-state index contributed by atoms with van der Waals surface area (Å²) in [5.41, 5.74) is 0. The summed E-state index contributed by atoms with van der Waals surface area (Å²) in [6.45, 7) is 1.95. The molecule has 4 nitrogen and oxygen atoms in total. The molecule has 0 bridgehead atoms. The Morgan fingerprint density at radius 3 is 2.93 bits per heavy atom. The highest BCUT2D eigenvalue weighted by Crippen LogP contribution is 2.26. The number of aryl methyl sites for hydroxylation is 1. The van der Waals surface area contributed by atoms with Crippen molar-refractivity contribution < 1.29 is 0 Å². The van der Waals surface area contributed by atoms with Crippen LogP contribution < -0.4 is 5.32 Å². The van der Waals surface area contributed by atoms with Crippen LogP contribution in [-0.2, 0) is 13.6 Å². The number of hydrogen-bond acceptors (Lipinski definition) is 3. The Bertz CT molecular complexity index is 289. The van der Waals surface area contributed by atoms with Crippen molar-refractivity contribution in [3.05, 3.63) is 12.2 Å². The second kappa shape index (κ2) is 5.26. The minimum Gasteiger partial charge on any atom is -0.310 e. The molecular formula is C11H20N4. The largest absolute Gasteiger partial charge is 0.310 e. The van der Waals surface area contributed by atoms with E-state index in [9.17, 15) is 0 Å². The van der Waals surface area contributed by atoms with Gasteiger partial charge in [-0.25, -0.2) is 4.98 Å². The zero-order chi connectivity index (χ0) is 10.5. The average Bonchev–Trinajstić information content (AvgIpc) is 2.85. The van der Waals surface area contributed by atoms with Gasteiger partial charge in [0.25, 0.3) is 0 Å². The van der Waals surface area contributed by atoms with Gasteiger partial charge in [-0.3, -0.25) is 4.68 Å². The van der Waals surface area contributed by atoms with Crippen LogP contribution in [0.2, 0.25) is 0 Å². The maximum Gasteiger partial charge on any atom is 0.140 e. The molecule has 0 atom stereocenters. The molecule has 4 heteroatoms. The molecule has 1 aliphatic rings. The smallest absolute Gasteiger partial charge is 0.140 e. The van der Waals surface area contributed by atoms with Crippen LogP contribution in [0.4, 0.5) is 0 Å². The average molecular weight is 208 g/mol. The molecule has 1 aliphatic carbocycles. The quantitative estimate of drug-likeness (QED) is 0.745. The van der Waals surface area contributed by atoms with Crippen molar-refractivity contribution in [1.82, 2.24) is 20.1 Å². The highest BCUT2D eigenvalue weighted by Gasteiger charge is 2.13. The molecule has 0 radical (unpaired) electrons. The molecule has 0 aliphatic heterocycles. The molecule has 2 rings (SSSR count). The molecule has 1 N–H and O–H groups in total. The molecule has 1 saturated carbocycles. The minimum atomic E-state index is 0.837. The van der Waals surface area contributed by atoms with Crippen molar-refractivity contribution in [3.63, 3.8) is 0 Å². The van der Waals surface area contributed by atoms with Gasteiger partial charge >= 0.3 is 0 Å². The van der Waals surface area contributed by atoms with E-state index in [1.807, 2.05) is 11.7 Å². The third kappa shape index (κ3) is 3.02. The maximum atomic E-state index is 4.17. The molecule has 1 fully saturated rings. The van der Waals surface area contributed by atoms with E-state index in [1.54, 1.807) is 6.33 Å². The van der Waals surface area contributed by atoms with Crippen LogP contribution in [-0.4, -0.2) is 21.3 Å². The third-order valence-electron chi connectivity index (χ3n) is 3.29.